The van der Waals surface area contributed by atoms with Crippen molar-refractivity contribution >= 4 is 0 Å². The Labute approximate surface area is 112 Å². The maximum absolute atomic E-state index is 8.73. The van der Waals surface area contributed by atoms with Crippen LogP contribution in [0.1, 0.15) is 17.5 Å². The molecule has 0 spiro atoms. The Morgan fingerprint density at radius 1 is 1.11 bits per heavy atom. The number of hydrogen-bond acceptors (Lipinski definition) is 3. The van der Waals surface area contributed by atoms with Crippen LogP contribution in [0.4, 0.5) is 0 Å². The van der Waals surface area contributed by atoms with Crippen molar-refractivity contribution in [1.29, 1.82) is 0 Å². The average Bonchev–Trinajstić information content (AvgIpc) is 2.48. The van der Waals surface area contributed by atoms with Crippen molar-refractivity contribution in [3.05, 3.63) is 59.9 Å². The highest BCUT2D eigenvalue weighted by molar-refractivity contribution is 5.45. The number of hydrogen-bond donors (Lipinski definition) is 1. The second kappa shape index (κ2) is 7.20. The van der Waals surface area contributed by atoms with E-state index in [2.05, 4.69) is 16.8 Å². The average molecular weight is 253 g/mol. The van der Waals surface area contributed by atoms with Gasteiger partial charge in [0.05, 0.1) is 12.2 Å². The van der Waals surface area contributed by atoms with Crippen molar-refractivity contribution in [3.63, 3.8) is 0 Å². The van der Waals surface area contributed by atoms with Crippen molar-refractivity contribution in [3.8, 4) is 17.6 Å². The van der Waals surface area contributed by atoms with Gasteiger partial charge in [0.15, 0.2) is 0 Å². The first-order valence-corrected chi connectivity index (χ1v) is 6.10. The van der Waals surface area contributed by atoms with Crippen LogP contribution in [-0.4, -0.2) is 16.7 Å². The van der Waals surface area contributed by atoms with E-state index in [1.165, 1.54) is 0 Å². The maximum atomic E-state index is 8.73. The molecule has 0 aliphatic rings. The van der Waals surface area contributed by atoms with Crippen LogP contribution in [0, 0.1) is 11.8 Å². The zero-order valence-electron chi connectivity index (χ0n) is 10.5. The number of para-hydroxylation sites is 1. The van der Waals surface area contributed by atoms with Crippen LogP contribution in [0.15, 0.2) is 48.8 Å². The fourth-order valence-corrected chi connectivity index (χ4v) is 1.55. The van der Waals surface area contributed by atoms with Gasteiger partial charge in [-0.25, -0.2) is 0 Å². The van der Waals surface area contributed by atoms with Gasteiger partial charge in [-0.2, -0.15) is 0 Å². The molecule has 1 aromatic heterocycles. The molecule has 0 amide bonds. The molecule has 0 aliphatic heterocycles. The highest BCUT2D eigenvalue weighted by Gasteiger charge is 2.00. The van der Waals surface area contributed by atoms with Gasteiger partial charge in [0.1, 0.15) is 12.4 Å². The second-order valence-electron chi connectivity index (χ2n) is 3.92. The highest BCUT2D eigenvalue weighted by Crippen LogP contribution is 2.18. The predicted octanol–water partition coefficient (Wildman–Crippen LogP) is 2.39. The molecule has 19 heavy (non-hydrogen) atoms. The fraction of sp³-hybridized carbons (Fsp3) is 0.188. The number of aromatic nitrogens is 1. The lowest BCUT2D eigenvalue weighted by Crippen LogP contribution is -1.97. The summed E-state index contributed by atoms with van der Waals surface area (Å²) in [4.78, 5) is 3.97. The normalized spacial score (nSPS) is 9.53. The van der Waals surface area contributed by atoms with Gasteiger partial charge >= 0.3 is 0 Å². The molecule has 2 rings (SSSR count). The molecule has 96 valence electrons. The molecule has 0 fully saturated rings. The first kappa shape index (κ1) is 13.1. The molecule has 1 N–H and O–H groups in total. The number of rotatable bonds is 4. The smallest absolute Gasteiger partial charge is 0.135 e. The summed E-state index contributed by atoms with van der Waals surface area (Å²) in [5.74, 6) is 6.66. The van der Waals surface area contributed by atoms with E-state index in [-0.39, 0.29) is 6.61 Å². The van der Waals surface area contributed by atoms with E-state index >= 15 is 0 Å². The molecule has 1 heterocycles. The monoisotopic (exact) mass is 253 g/mol. The number of aliphatic hydroxyl groups excluding tert-OH is 1. The van der Waals surface area contributed by atoms with E-state index in [1.807, 2.05) is 36.4 Å². The third-order valence-corrected chi connectivity index (χ3v) is 2.49. The molecule has 0 aliphatic carbocycles. The van der Waals surface area contributed by atoms with E-state index in [9.17, 15) is 0 Å². The molecule has 1 aromatic carbocycles. The summed E-state index contributed by atoms with van der Waals surface area (Å²) >= 11 is 0. The van der Waals surface area contributed by atoms with Crippen LogP contribution >= 0.6 is 0 Å². The molecule has 3 nitrogen and oxygen atoms in total. The summed E-state index contributed by atoms with van der Waals surface area (Å²) < 4.78 is 5.76. The SMILES string of the molecule is OCCC#Cc1ccccc1OCc1ccncc1. The molecule has 0 radical (unpaired) electrons. The summed E-state index contributed by atoms with van der Waals surface area (Å²) in [7, 11) is 0. The van der Waals surface area contributed by atoms with E-state index in [0.29, 0.717) is 13.0 Å². The molecule has 0 saturated heterocycles. The van der Waals surface area contributed by atoms with Gasteiger partial charge in [-0.1, -0.05) is 24.0 Å². The van der Waals surface area contributed by atoms with E-state index in [4.69, 9.17) is 9.84 Å². The lowest BCUT2D eigenvalue weighted by atomic mass is 10.2. The van der Waals surface area contributed by atoms with Gasteiger partial charge in [-0.05, 0) is 29.8 Å². The quantitative estimate of drug-likeness (QED) is 0.851. The zero-order chi connectivity index (χ0) is 13.3. The van der Waals surface area contributed by atoms with Crippen LogP contribution in [0.5, 0.6) is 5.75 Å². The topological polar surface area (TPSA) is 42.4 Å². The van der Waals surface area contributed by atoms with Crippen molar-refractivity contribution in [1.82, 2.24) is 4.98 Å². The number of pyridine rings is 1. The predicted molar refractivity (Wildman–Crippen MR) is 73.6 cm³/mol. The highest BCUT2D eigenvalue weighted by atomic mass is 16.5. The van der Waals surface area contributed by atoms with Crippen LogP contribution in [0.2, 0.25) is 0 Å². The number of nitrogens with zero attached hydrogens (tertiary/aromatic N) is 1. The molecule has 3 heteroatoms. The van der Waals surface area contributed by atoms with Crippen molar-refractivity contribution < 1.29 is 9.84 Å². The first-order valence-electron chi connectivity index (χ1n) is 6.10. The lowest BCUT2D eigenvalue weighted by Gasteiger charge is -2.07. The van der Waals surface area contributed by atoms with E-state index < -0.39 is 0 Å². The zero-order valence-corrected chi connectivity index (χ0v) is 10.5. The van der Waals surface area contributed by atoms with Gasteiger partial charge in [-0.3, -0.25) is 4.98 Å². The van der Waals surface area contributed by atoms with Crippen molar-refractivity contribution in [2.24, 2.45) is 0 Å². The Bertz CT molecular complexity index is 570. The summed E-state index contributed by atoms with van der Waals surface area (Å²) in [5, 5.41) is 8.73. The minimum atomic E-state index is 0.0764. The third-order valence-electron chi connectivity index (χ3n) is 2.49. The van der Waals surface area contributed by atoms with Crippen LogP contribution in [-0.2, 0) is 6.61 Å². The second-order valence-corrected chi connectivity index (χ2v) is 3.92. The third kappa shape index (κ3) is 4.13. The van der Waals surface area contributed by atoms with Gasteiger partial charge in [-0.15, -0.1) is 0 Å². The van der Waals surface area contributed by atoms with Crippen molar-refractivity contribution in [2.45, 2.75) is 13.0 Å². The van der Waals surface area contributed by atoms with E-state index in [1.54, 1.807) is 12.4 Å². The van der Waals surface area contributed by atoms with Crippen LogP contribution < -0.4 is 4.74 Å². The molecule has 0 bridgehead atoms. The standard InChI is InChI=1S/C16H15NO2/c18-12-4-3-6-15-5-1-2-7-16(15)19-13-14-8-10-17-11-9-14/h1-2,5,7-11,18H,4,12-13H2. The Morgan fingerprint density at radius 2 is 1.89 bits per heavy atom. The largest absolute Gasteiger partial charge is 0.488 e. The van der Waals surface area contributed by atoms with Gasteiger partial charge < -0.3 is 9.84 Å². The number of ether oxygens (including phenoxy) is 1. The molecular formula is C16H15NO2. The summed E-state index contributed by atoms with van der Waals surface area (Å²) in [6.07, 6.45) is 3.95. The Morgan fingerprint density at radius 3 is 2.68 bits per heavy atom. The van der Waals surface area contributed by atoms with Gasteiger partial charge in [0, 0.05) is 18.8 Å². The fourth-order valence-electron chi connectivity index (χ4n) is 1.55. The Kier molecular flexibility index (Phi) is 4.97. The summed E-state index contributed by atoms with van der Waals surface area (Å²) in [5.41, 5.74) is 1.90. The summed E-state index contributed by atoms with van der Waals surface area (Å²) in [6.45, 7) is 0.564. The molecule has 2 aromatic rings. The molecule has 0 saturated carbocycles. The van der Waals surface area contributed by atoms with Crippen molar-refractivity contribution in [2.75, 3.05) is 6.61 Å². The Balaban J connectivity index is 2.06. The lowest BCUT2D eigenvalue weighted by molar-refractivity contribution is 0.304. The molecule has 0 atom stereocenters. The minimum Gasteiger partial charge on any atom is -0.488 e. The number of aliphatic hydroxyl groups is 1. The first-order chi connectivity index (χ1) is 9.40. The molecule has 0 unspecified atom stereocenters. The maximum Gasteiger partial charge on any atom is 0.135 e. The minimum absolute atomic E-state index is 0.0764. The number of benzene rings is 1. The van der Waals surface area contributed by atoms with Crippen LogP contribution in [0.25, 0.3) is 0 Å². The van der Waals surface area contributed by atoms with Gasteiger partial charge in [0.25, 0.3) is 0 Å². The van der Waals surface area contributed by atoms with Crippen LogP contribution in [0.3, 0.4) is 0 Å². The van der Waals surface area contributed by atoms with Gasteiger partial charge in [0.2, 0.25) is 0 Å². The Hall–Kier alpha value is -2.31. The molecular weight excluding hydrogens is 238 g/mol. The summed E-state index contributed by atoms with van der Waals surface area (Å²) in [6, 6.07) is 11.5. The van der Waals surface area contributed by atoms with E-state index in [0.717, 1.165) is 16.9 Å².